The molecule has 2 heterocycles. The third-order valence-electron chi connectivity index (χ3n) is 4.98. The zero-order valence-corrected chi connectivity index (χ0v) is 17.8. The van der Waals surface area contributed by atoms with Crippen molar-refractivity contribution in [1.82, 2.24) is 24.8 Å². The van der Waals surface area contributed by atoms with E-state index in [0.29, 0.717) is 17.8 Å². The van der Waals surface area contributed by atoms with E-state index in [0.717, 1.165) is 11.4 Å². The second kappa shape index (κ2) is 9.82. The van der Waals surface area contributed by atoms with E-state index in [2.05, 4.69) is 25.6 Å². The second-order valence-electron chi connectivity index (χ2n) is 7.32. The molecule has 2 N–H and O–H groups in total. The van der Waals surface area contributed by atoms with Crippen LogP contribution in [0.1, 0.15) is 37.9 Å². The maximum absolute atomic E-state index is 13.0. The van der Waals surface area contributed by atoms with Gasteiger partial charge in [-0.25, -0.2) is 19.3 Å². The maximum Gasteiger partial charge on any atom is 0.276 e. The molecule has 4 aromatic rings. The van der Waals surface area contributed by atoms with Crippen molar-refractivity contribution in [3.8, 4) is 0 Å². The van der Waals surface area contributed by atoms with Gasteiger partial charge in [-0.15, -0.1) is 0 Å². The Morgan fingerprint density at radius 1 is 0.848 bits per heavy atom. The Balaban J connectivity index is 1.41. The summed E-state index contributed by atoms with van der Waals surface area (Å²) in [5.41, 5.74) is 2.14. The Kier molecular flexibility index (Phi) is 6.49. The summed E-state index contributed by atoms with van der Waals surface area (Å²) < 4.78 is 15.1. The van der Waals surface area contributed by atoms with Gasteiger partial charge in [0.15, 0.2) is 11.4 Å². The van der Waals surface area contributed by atoms with Crippen molar-refractivity contribution in [2.75, 3.05) is 5.32 Å². The Bertz CT molecular complexity index is 1270. The zero-order valence-electron chi connectivity index (χ0n) is 17.8. The minimum atomic E-state index is -0.552. The van der Waals surface area contributed by atoms with Crippen molar-refractivity contribution < 1.29 is 14.0 Å². The van der Waals surface area contributed by atoms with Gasteiger partial charge in [0, 0.05) is 43.6 Å². The van der Waals surface area contributed by atoms with Crippen LogP contribution in [-0.2, 0) is 13.1 Å². The average molecular weight is 444 g/mol. The van der Waals surface area contributed by atoms with E-state index in [-0.39, 0.29) is 23.7 Å². The van der Waals surface area contributed by atoms with E-state index >= 15 is 0 Å². The van der Waals surface area contributed by atoms with Crippen LogP contribution in [0.25, 0.3) is 0 Å². The van der Waals surface area contributed by atoms with Gasteiger partial charge >= 0.3 is 0 Å². The summed E-state index contributed by atoms with van der Waals surface area (Å²) >= 11 is 0. The van der Waals surface area contributed by atoms with E-state index in [1.165, 1.54) is 24.5 Å². The molecule has 166 valence electrons. The molecule has 4 rings (SSSR count). The zero-order chi connectivity index (χ0) is 23.2. The van der Waals surface area contributed by atoms with Gasteiger partial charge in [-0.2, -0.15) is 0 Å². The fraction of sp³-hybridized carbons (Fsp3) is 0.125. The van der Waals surface area contributed by atoms with Crippen LogP contribution in [0.15, 0.2) is 73.3 Å². The number of carbonyl (C=O) groups excluding carboxylic acids is 2. The van der Waals surface area contributed by atoms with Crippen molar-refractivity contribution >= 4 is 17.5 Å². The first-order valence-corrected chi connectivity index (χ1v) is 10.2. The molecule has 0 bridgehead atoms. The lowest BCUT2D eigenvalue weighted by atomic mass is 10.2. The monoisotopic (exact) mass is 444 g/mol. The van der Waals surface area contributed by atoms with E-state index in [1.807, 2.05) is 29.8 Å². The number of imidazole rings is 1. The number of hydrogen-bond acceptors (Lipinski definition) is 5. The summed E-state index contributed by atoms with van der Waals surface area (Å²) in [6, 6.07) is 13.1. The largest absolute Gasteiger partial charge is 0.347 e. The number of amides is 2. The van der Waals surface area contributed by atoms with Gasteiger partial charge in [0.2, 0.25) is 0 Å². The first-order chi connectivity index (χ1) is 16.0. The SMILES string of the molecule is Cc1nccn1Cc1ccc(NC(=O)c2nccnc2C(=O)NCc2ccc(F)cc2)cc1. The van der Waals surface area contributed by atoms with Crippen molar-refractivity contribution in [2.45, 2.75) is 20.0 Å². The van der Waals surface area contributed by atoms with Gasteiger partial charge in [0.05, 0.1) is 0 Å². The van der Waals surface area contributed by atoms with Crippen LogP contribution in [0, 0.1) is 12.7 Å². The molecular formula is C24H21FN6O2. The van der Waals surface area contributed by atoms with Gasteiger partial charge in [-0.05, 0) is 42.3 Å². The number of aryl methyl sites for hydroxylation is 1. The minimum absolute atomic E-state index is 0.0905. The van der Waals surface area contributed by atoms with E-state index in [4.69, 9.17) is 0 Å². The number of halogens is 1. The molecule has 0 radical (unpaired) electrons. The first kappa shape index (κ1) is 21.8. The molecule has 0 aliphatic rings. The highest BCUT2D eigenvalue weighted by Gasteiger charge is 2.20. The van der Waals surface area contributed by atoms with Crippen molar-refractivity contribution in [2.24, 2.45) is 0 Å². The third-order valence-corrected chi connectivity index (χ3v) is 4.98. The molecule has 9 heteroatoms. The minimum Gasteiger partial charge on any atom is -0.347 e. The molecule has 2 aromatic carbocycles. The molecule has 0 unspecified atom stereocenters. The van der Waals surface area contributed by atoms with Crippen molar-refractivity contribution in [3.05, 3.63) is 107 Å². The second-order valence-corrected chi connectivity index (χ2v) is 7.32. The number of rotatable bonds is 7. The van der Waals surface area contributed by atoms with Gasteiger partial charge in [-0.3, -0.25) is 9.59 Å². The Morgan fingerprint density at radius 3 is 2.12 bits per heavy atom. The number of hydrogen-bond donors (Lipinski definition) is 2. The topological polar surface area (TPSA) is 102 Å². The molecule has 0 spiro atoms. The lowest BCUT2D eigenvalue weighted by Crippen LogP contribution is -2.28. The van der Waals surface area contributed by atoms with Crippen molar-refractivity contribution in [1.29, 1.82) is 0 Å². The lowest BCUT2D eigenvalue weighted by molar-refractivity contribution is 0.0931. The molecule has 0 saturated carbocycles. The molecule has 33 heavy (non-hydrogen) atoms. The molecule has 2 amide bonds. The highest BCUT2D eigenvalue weighted by atomic mass is 19.1. The predicted octanol–water partition coefficient (Wildman–Crippen LogP) is 3.35. The number of aromatic nitrogens is 4. The van der Waals surface area contributed by atoms with Crippen LogP contribution in [0.5, 0.6) is 0 Å². The number of nitrogens with zero attached hydrogens (tertiary/aromatic N) is 4. The van der Waals surface area contributed by atoms with Crippen LogP contribution in [0.4, 0.5) is 10.1 Å². The molecule has 0 fully saturated rings. The van der Waals surface area contributed by atoms with E-state index in [1.54, 1.807) is 30.5 Å². The highest BCUT2D eigenvalue weighted by Crippen LogP contribution is 2.14. The summed E-state index contributed by atoms with van der Waals surface area (Å²) in [4.78, 5) is 37.7. The fourth-order valence-electron chi connectivity index (χ4n) is 3.19. The van der Waals surface area contributed by atoms with E-state index in [9.17, 15) is 14.0 Å². The number of benzene rings is 2. The van der Waals surface area contributed by atoms with Crippen LogP contribution < -0.4 is 10.6 Å². The quantitative estimate of drug-likeness (QED) is 0.455. The molecule has 0 aliphatic heterocycles. The summed E-state index contributed by atoms with van der Waals surface area (Å²) in [7, 11) is 0. The molecule has 2 aromatic heterocycles. The van der Waals surface area contributed by atoms with Gasteiger partial charge in [0.1, 0.15) is 11.6 Å². The van der Waals surface area contributed by atoms with Crippen LogP contribution >= 0.6 is 0 Å². The Labute approximate surface area is 189 Å². The highest BCUT2D eigenvalue weighted by molar-refractivity contribution is 6.09. The summed E-state index contributed by atoms with van der Waals surface area (Å²) in [6.07, 6.45) is 6.35. The van der Waals surface area contributed by atoms with E-state index < -0.39 is 11.8 Å². The normalized spacial score (nSPS) is 10.6. The van der Waals surface area contributed by atoms with Crippen LogP contribution in [0.2, 0.25) is 0 Å². The van der Waals surface area contributed by atoms with Crippen LogP contribution in [0.3, 0.4) is 0 Å². The summed E-state index contributed by atoms with van der Waals surface area (Å²) in [5.74, 6) is -0.542. The maximum atomic E-state index is 13.0. The number of nitrogens with one attached hydrogen (secondary N) is 2. The molecule has 0 atom stereocenters. The molecule has 8 nitrogen and oxygen atoms in total. The van der Waals surface area contributed by atoms with Gasteiger partial charge in [-0.1, -0.05) is 24.3 Å². The van der Waals surface area contributed by atoms with Gasteiger partial charge < -0.3 is 15.2 Å². The lowest BCUT2D eigenvalue weighted by Gasteiger charge is -2.10. The standard InChI is InChI=1S/C24H21FN6O2/c1-16-26-12-13-31(16)15-18-4-8-20(9-5-18)30-24(33)22-21(27-10-11-28-22)23(32)29-14-17-2-6-19(25)7-3-17/h2-13H,14-15H2,1H3,(H,29,32)(H,30,33). The Hall–Kier alpha value is -4.40. The Morgan fingerprint density at radius 2 is 1.48 bits per heavy atom. The third kappa shape index (κ3) is 5.45. The average Bonchev–Trinajstić information content (AvgIpc) is 3.24. The first-order valence-electron chi connectivity index (χ1n) is 10.2. The van der Waals surface area contributed by atoms with Gasteiger partial charge in [0.25, 0.3) is 11.8 Å². The fourth-order valence-corrected chi connectivity index (χ4v) is 3.19. The summed E-state index contributed by atoms with van der Waals surface area (Å²) in [6.45, 7) is 2.76. The smallest absolute Gasteiger partial charge is 0.276 e. The number of anilines is 1. The van der Waals surface area contributed by atoms with Crippen LogP contribution in [-0.4, -0.2) is 31.3 Å². The van der Waals surface area contributed by atoms with Crippen molar-refractivity contribution in [3.63, 3.8) is 0 Å². The molecular weight excluding hydrogens is 423 g/mol. The predicted molar refractivity (Wildman–Crippen MR) is 120 cm³/mol. The molecule has 0 saturated heterocycles. The number of carbonyl (C=O) groups is 2. The molecule has 0 aliphatic carbocycles. The summed E-state index contributed by atoms with van der Waals surface area (Å²) in [5, 5.41) is 5.42.